The number of aryl methyl sites for hydroxylation is 1. The first-order chi connectivity index (χ1) is 10.0. The molecule has 0 aliphatic rings. The molecule has 0 saturated carbocycles. The Morgan fingerprint density at radius 3 is 2.81 bits per heavy atom. The van der Waals surface area contributed by atoms with Crippen LogP contribution in [0.2, 0.25) is 0 Å². The van der Waals surface area contributed by atoms with Crippen LogP contribution in [0.4, 0.5) is 0 Å². The number of thioether (sulfide) groups is 1. The van der Waals surface area contributed by atoms with E-state index in [1.54, 1.807) is 18.8 Å². The number of methoxy groups -OCH3 is 1. The third-order valence-electron chi connectivity index (χ3n) is 2.81. The summed E-state index contributed by atoms with van der Waals surface area (Å²) in [4.78, 5) is 24.0. The van der Waals surface area contributed by atoms with Gasteiger partial charge in [-0.3, -0.25) is 4.79 Å². The lowest BCUT2D eigenvalue weighted by Gasteiger charge is -2.16. The highest BCUT2D eigenvalue weighted by atomic mass is 32.2. The van der Waals surface area contributed by atoms with Gasteiger partial charge in [0.25, 0.3) is 5.91 Å². The average Bonchev–Trinajstić information content (AvgIpc) is 2.84. The van der Waals surface area contributed by atoms with Gasteiger partial charge in [0, 0.05) is 7.05 Å². The van der Waals surface area contributed by atoms with E-state index >= 15 is 0 Å². The van der Waals surface area contributed by atoms with Gasteiger partial charge in [0.05, 0.1) is 19.9 Å². The Morgan fingerprint density at radius 2 is 2.24 bits per heavy atom. The molecule has 21 heavy (non-hydrogen) atoms. The van der Waals surface area contributed by atoms with Crippen LogP contribution in [0.5, 0.6) is 5.88 Å². The first kappa shape index (κ1) is 17.4. The number of esters is 1. The zero-order chi connectivity index (χ0) is 15.8. The zero-order valence-electron chi connectivity index (χ0n) is 12.7. The molecule has 1 atom stereocenters. The largest absolute Gasteiger partial charge is 0.478 e. The number of carbonyl (C=O) groups excluding carboxylic acids is 2. The van der Waals surface area contributed by atoms with Gasteiger partial charge in [-0.1, -0.05) is 0 Å². The molecule has 0 saturated heterocycles. The highest BCUT2D eigenvalue weighted by Gasteiger charge is 2.25. The van der Waals surface area contributed by atoms with Gasteiger partial charge in [0.15, 0.2) is 0 Å². The van der Waals surface area contributed by atoms with Crippen LogP contribution in [0.1, 0.15) is 23.7 Å². The van der Waals surface area contributed by atoms with Crippen molar-refractivity contribution >= 4 is 23.6 Å². The van der Waals surface area contributed by atoms with Crippen molar-refractivity contribution in [3.63, 3.8) is 0 Å². The van der Waals surface area contributed by atoms with Crippen molar-refractivity contribution in [1.82, 2.24) is 15.1 Å². The van der Waals surface area contributed by atoms with E-state index < -0.39 is 17.9 Å². The molecular weight excluding hydrogens is 294 g/mol. The summed E-state index contributed by atoms with van der Waals surface area (Å²) in [7, 11) is 2.99. The van der Waals surface area contributed by atoms with E-state index in [1.165, 1.54) is 18.0 Å². The molecule has 1 rings (SSSR count). The number of aromatic nitrogens is 2. The van der Waals surface area contributed by atoms with Crippen molar-refractivity contribution in [2.45, 2.75) is 19.4 Å². The molecule has 1 aromatic heterocycles. The van der Waals surface area contributed by atoms with E-state index in [0.717, 1.165) is 5.75 Å². The molecule has 0 aliphatic carbocycles. The summed E-state index contributed by atoms with van der Waals surface area (Å²) >= 11 is 1.60. The number of nitrogens with one attached hydrogen (secondary N) is 1. The van der Waals surface area contributed by atoms with Crippen LogP contribution in [0.3, 0.4) is 0 Å². The van der Waals surface area contributed by atoms with Gasteiger partial charge in [-0.15, -0.1) is 0 Å². The standard InChI is InChI=1S/C13H21N3O4S/c1-5-20-12-9(8-14-16(12)2)11(17)15-10(6-7-21-4)13(18)19-3/h8,10H,5-7H2,1-4H3,(H,15,17)/t10-/m0/s1. The molecule has 0 aliphatic heterocycles. The molecule has 1 N–H and O–H groups in total. The summed E-state index contributed by atoms with van der Waals surface area (Å²) in [6, 6.07) is -0.676. The van der Waals surface area contributed by atoms with E-state index in [0.29, 0.717) is 24.5 Å². The Bertz CT molecular complexity index is 490. The van der Waals surface area contributed by atoms with Gasteiger partial charge in [0.1, 0.15) is 11.6 Å². The third kappa shape index (κ3) is 4.66. The first-order valence-corrected chi connectivity index (χ1v) is 7.96. The maximum absolute atomic E-state index is 12.3. The molecule has 0 spiro atoms. The van der Waals surface area contributed by atoms with Crippen LogP contribution in [-0.4, -0.2) is 53.4 Å². The Hall–Kier alpha value is -1.70. The lowest BCUT2D eigenvalue weighted by Crippen LogP contribution is -2.42. The van der Waals surface area contributed by atoms with Crippen molar-refractivity contribution in [3.05, 3.63) is 11.8 Å². The van der Waals surface area contributed by atoms with Crippen molar-refractivity contribution in [3.8, 4) is 5.88 Å². The van der Waals surface area contributed by atoms with Gasteiger partial charge >= 0.3 is 5.97 Å². The predicted molar refractivity (Wildman–Crippen MR) is 80.6 cm³/mol. The summed E-state index contributed by atoms with van der Waals surface area (Å²) in [6.45, 7) is 2.25. The van der Waals surface area contributed by atoms with Crippen molar-refractivity contribution in [2.24, 2.45) is 7.05 Å². The summed E-state index contributed by atoms with van der Waals surface area (Å²) in [5.74, 6) is 0.261. The summed E-state index contributed by atoms with van der Waals surface area (Å²) in [5, 5.41) is 6.67. The lowest BCUT2D eigenvalue weighted by molar-refractivity contribution is -0.142. The Morgan fingerprint density at radius 1 is 1.52 bits per heavy atom. The van der Waals surface area contributed by atoms with Crippen LogP contribution in [0, 0.1) is 0 Å². The maximum Gasteiger partial charge on any atom is 0.328 e. The predicted octanol–water partition coefficient (Wildman–Crippen LogP) is 0.843. The Kier molecular flexibility index (Phi) is 7.07. The van der Waals surface area contributed by atoms with E-state index in [-0.39, 0.29) is 0 Å². The van der Waals surface area contributed by atoms with Gasteiger partial charge < -0.3 is 14.8 Å². The molecule has 1 amide bonds. The molecular formula is C13H21N3O4S. The second-order valence-corrected chi connectivity index (χ2v) is 5.24. The second-order valence-electron chi connectivity index (χ2n) is 4.25. The smallest absolute Gasteiger partial charge is 0.328 e. The number of nitrogens with zero attached hydrogens (tertiary/aromatic N) is 2. The van der Waals surface area contributed by atoms with Gasteiger partial charge in [-0.05, 0) is 25.4 Å². The van der Waals surface area contributed by atoms with Gasteiger partial charge in [-0.2, -0.15) is 16.9 Å². The normalized spacial score (nSPS) is 11.8. The number of ether oxygens (including phenoxy) is 2. The van der Waals surface area contributed by atoms with E-state index in [2.05, 4.69) is 10.4 Å². The monoisotopic (exact) mass is 315 g/mol. The van der Waals surface area contributed by atoms with Crippen LogP contribution in [0.15, 0.2) is 6.20 Å². The van der Waals surface area contributed by atoms with Crippen molar-refractivity contribution in [1.29, 1.82) is 0 Å². The summed E-state index contributed by atoms with van der Waals surface area (Å²) in [6.07, 6.45) is 3.86. The molecule has 7 nitrogen and oxygen atoms in total. The molecule has 118 valence electrons. The number of carbonyl (C=O) groups is 2. The molecule has 1 aromatic rings. The molecule has 8 heteroatoms. The third-order valence-corrected chi connectivity index (χ3v) is 3.46. The molecule has 0 bridgehead atoms. The fraction of sp³-hybridized carbons (Fsp3) is 0.615. The van der Waals surface area contributed by atoms with Crippen molar-refractivity contribution < 1.29 is 19.1 Å². The van der Waals surface area contributed by atoms with Crippen molar-refractivity contribution in [2.75, 3.05) is 25.7 Å². The van der Waals surface area contributed by atoms with Crippen LogP contribution in [0.25, 0.3) is 0 Å². The highest BCUT2D eigenvalue weighted by molar-refractivity contribution is 7.98. The minimum Gasteiger partial charge on any atom is -0.478 e. The van der Waals surface area contributed by atoms with E-state index in [1.807, 2.05) is 13.2 Å². The first-order valence-electron chi connectivity index (χ1n) is 6.57. The lowest BCUT2D eigenvalue weighted by atomic mass is 10.2. The maximum atomic E-state index is 12.3. The van der Waals surface area contributed by atoms with E-state index in [4.69, 9.17) is 9.47 Å². The Labute approximate surface area is 128 Å². The minimum absolute atomic E-state index is 0.303. The summed E-state index contributed by atoms with van der Waals surface area (Å²) < 4.78 is 11.6. The van der Waals surface area contributed by atoms with Crippen LogP contribution < -0.4 is 10.1 Å². The number of hydrogen-bond acceptors (Lipinski definition) is 6. The Balaban J connectivity index is 2.83. The zero-order valence-corrected chi connectivity index (χ0v) is 13.5. The number of rotatable bonds is 8. The quantitative estimate of drug-likeness (QED) is 0.716. The number of hydrogen-bond donors (Lipinski definition) is 1. The van der Waals surface area contributed by atoms with E-state index in [9.17, 15) is 9.59 Å². The van der Waals surface area contributed by atoms with Gasteiger partial charge in [0.2, 0.25) is 5.88 Å². The molecule has 0 radical (unpaired) electrons. The average molecular weight is 315 g/mol. The topological polar surface area (TPSA) is 82.4 Å². The molecule has 0 aromatic carbocycles. The molecule has 0 fully saturated rings. The number of amides is 1. The van der Waals surface area contributed by atoms with Gasteiger partial charge in [-0.25, -0.2) is 9.48 Å². The minimum atomic E-state index is -0.676. The molecule has 1 heterocycles. The van der Waals surface area contributed by atoms with Crippen LogP contribution >= 0.6 is 11.8 Å². The highest BCUT2D eigenvalue weighted by Crippen LogP contribution is 2.17. The molecule has 0 unspecified atom stereocenters. The second kappa shape index (κ2) is 8.56. The fourth-order valence-electron chi connectivity index (χ4n) is 1.75. The SMILES string of the molecule is CCOc1c(C(=O)N[C@@H](CCSC)C(=O)OC)cnn1C. The fourth-order valence-corrected chi connectivity index (χ4v) is 2.22. The van der Waals surface area contributed by atoms with Crippen LogP contribution in [-0.2, 0) is 16.6 Å². The summed E-state index contributed by atoms with van der Waals surface area (Å²) in [5.41, 5.74) is 0.303.